The second-order valence-corrected chi connectivity index (χ2v) is 2.56. The van der Waals surface area contributed by atoms with Crippen LogP contribution in [0.15, 0.2) is 16.9 Å². The van der Waals surface area contributed by atoms with E-state index in [1.54, 1.807) is 6.20 Å². The predicted molar refractivity (Wildman–Crippen MR) is 40.2 cm³/mol. The van der Waals surface area contributed by atoms with E-state index in [0.29, 0.717) is 0 Å². The van der Waals surface area contributed by atoms with Gasteiger partial charge in [0, 0.05) is 12.3 Å². The Labute approximate surface area is 63.2 Å². The van der Waals surface area contributed by atoms with Crippen molar-refractivity contribution in [1.82, 2.24) is 4.98 Å². The summed E-state index contributed by atoms with van der Waals surface area (Å²) in [5.41, 5.74) is 1.19. The van der Waals surface area contributed by atoms with Crippen molar-refractivity contribution >= 4 is 15.9 Å². The molecule has 2 heteroatoms. The maximum atomic E-state index is 3.95. The molecule has 0 aromatic carbocycles. The maximum absolute atomic E-state index is 3.95. The van der Waals surface area contributed by atoms with Gasteiger partial charge in [-0.2, -0.15) is 0 Å². The minimum atomic E-state index is 0.887. The molecule has 0 saturated heterocycles. The molecule has 0 spiro atoms. The fourth-order valence-corrected chi connectivity index (χ4v) is 0.982. The summed E-state index contributed by atoms with van der Waals surface area (Å²) in [5.74, 6) is 0. The summed E-state index contributed by atoms with van der Waals surface area (Å²) >= 11 is 3.27. The van der Waals surface area contributed by atoms with Crippen LogP contribution >= 0.6 is 15.9 Å². The third kappa shape index (κ3) is 1.79. The van der Waals surface area contributed by atoms with Crippen molar-refractivity contribution in [2.45, 2.75) is 13.3 Å². The molecule has 0 unspecified atom stereocenters. The Kier molecular flexibility index (Phi) is 2.22. The molecule has 0 aliphatic carbocycles. The monoisotopic (exact) mass is 184 g/mol. The number of hydrogen-bond acceptors (Lipinski definition) is 1. The number of nitrogens with zero attached hydrogens (tertiary/aromatic N) is 1. The van der Waals surface area contributed by atoms with Crippen LogP contribution in [0.1, 0.15) is 12.5 Å². The van der Waals surface area contributed by atoms with E-state index in [2.05, 4.69) is 33.9 Å². The molecule has 0 aliphatic heterocycles. The highest BCUT2D eigenvalue weighted by Crippen LogP contribution is 2.06. The average Bonchev–Trinajstić information content (AvgIpc) is 1.88. The van der Waals surface area contributed by atoms with Gasteiger partial charge in [0.05, 0.1) is 0 Å². The van der Waals surface area contributed by atoms with Gasteiger partial charge in [-0.1, -0.05) is 6.92 Å². The van der Waals surface area contributed by atoms with Crippen LogP contribution in [0.25, 0.3) is 0 Å². The Morgan fingerprint density at radius 2 is 2.56 bits per heavy atom. The quantitative estimate of drug-likeness (QED) is 0.611. The third-order valence-electron chi connectivity index (χ3n) is 1.11. The zero-order chi connectivity index (χ0) is 6.69. The van der Waals surface area contributed by atoms with E-state index in [0.717, 1.165) is 11.0 Å². The van der Waals surface area contributed by atoms with E-state index >= 15 is 0 Å². The highest BCUT2D eigenvalue weighted by atomic mass is 79.9. The van der Waals surface area contributed by atoms with E-state index < -0.39 is 0 Å². The van der Waals surface area contributed by atoms with Gasteiger partial charge >= 0.3 is 0 Å². The summed E-state index contributed by atoms with van der Waals surface area (Å²) in [4.78, 5) is 3.95. The molecule has 1 rings (SSSR count). The number of rotatable bonds is 1. The molecule has 0 atom stereocenters. The van der Waals surface area contributed by atoms with Crippen LogP contribution in [0, 0.1) is 6.07 Å². The first-order chi connectivity index (χ1) is 4.33. The smallest absolute Gasteiger partial charge is 0.106 e. The van der Waals surface area contributed by atoms with Crippen molar-refractivity contribution in [1.29, 1.82) is 0 Å². The molecular formula is C7H7BrN. The SMILES string of the molecule is CCc1[c]cnc(Br)c1. The van der Waals surface area contributed by atoms with Crippen molar-refractivity contribution in [3.8, 4) is 0 Å². The minimum Gasteiger partial charge on any atom is -0.249 e. The first-order valence-electron chi connectivity index (χ1n) is 2.85. The molecular weight excluding hydrogens is 178 g/mol. The lowest BCUT2D eigenvalue weighted by Gasteiger charge is -1.92. The highest BCUT2D eigenvalue weighted by Gasteiger charge is 1.89. The van der Waals surface area contributed by atoms with Gasteiger partial charge in [0.2, 0.25) is 0 Å². The van der Waals surface area contributed by atoms with Crippen LogP contribution in [0.3, 0.4) is 0 Å². The van der Waals surface area contributed by atoms with Crippen LogP contribution in [-0.4, -0.2) is 4.98 Å². The number of halogens is 1. The average molecular weight is 185 g/mol. The van der Waals surface area contributed by atoms with Gasteiger partial charge in [0.1, 0.15) is 4.60 Å². The van der Waals surface area contributed by atoms with E-state index in [4.69, 9.17) is 0 Å². The Bertz CT molecular complexity index is 198. The molecule has 1 radical (unpaired) electrons. The second-order valence-electron chi connectivity index (χ2n) is 1.75. The summed E-state index contributed by atoms with van der Waals surface area (Å²) in [6, 6.07) is 4.99. The zero-order valence-corrected chi connectivity index (χ0v) is 6.77. The lowest BCUT2D eigenvalue weighted by molar-refractivity contribution is 1.10. The standard InChI is InChI=1S/C7H7BrN/c1-2-6-3-4-9-7(8)5-6/h4-5H,2H2,1H3. The van der Waals surface area contributed by atoms with Crippen molar-refractivity contribution < 1.29 is 0 Å². The van der Waals surface area contributed by atoms with Gasteiger partial charge in [-0.3, -0.25) is 0 Å². The molecule has 1 heterocycles. The number of hydrogen-bond donors (Lipinski definition) is 0. The first kappa shape index (κ1) is 6.75. The van der Waals surface area contributed by atoms with Crippen LogP contribution in [0.2, 0.25) is 0 Å². The second kappa shape index (κ2) is 2.97. The summed E-state index contributed by atoms with van der Waals surface area (Å²) in [6.07, 6.45) is 2.70. The molecule has 0 saturated carbocycles. The highest BCUT2D eigenvalue weighted by molar-refractivity contribution is 9.10. The van der Waals surface area contributed by atoms with Crippen LogP contribution < -0.4 is 0 Å². The van der Waals surface area contributed by atoms with E-state index in [9.17, 15) is 0 Å². The number of pyridine rings is 1. The van der Waals surface area contributed by atoms with Gasteiger partial charge in [0.15, 0.2) is 0 Å². The van der Waals surface area contributed by atoms with Gasteiger partial charge in [-0.05, 0) is 34.0 Å². The van der Waals surface area contributed by atoms with Crippen molar-refractivity contribution in [2.24, 2.45) is 0 Å². The molecule has 0 N–H and O–H groups in total. The van der Waals surface area contributed by atoms with Crippen LogP contribution in [0.4, 0.5) is 0 Å². The third-order valence-corrected chi connectivity index (χ3v) is 1.55. The normalized spacial score (nSPS) is 9.56. The molecule has 0 aliphatic rings. The summed E-state index contributed by atoms with van der Waals surface area (Å²) in [7, 11) is 0. The number of aryl methyl sites for hydroxylation is 1. The molecule has 0 fully saturated rings. The summed E-state index contributed by atoms with van der Waals surface area (Å²) in [6.45, 7) is 2.10. The van der Waals surface area contributed by atoms with E-state index in [1.807, 2.05) is 6.07 Å². The van der Waals surface area contributed by atoms with E-state index in [1.165, 1.54) is 5.56 Å². The van der Waals surface area contributed by atoms with Crippen LogP contribution in [-0.2, 0) is 6.42 Å². The zero-order valence-electron chi connectivity index (χ0n) is 5.19. The Morgan fingerprint density at radius 3 is 3.00 bits per heavy atom. The Balaban J connectivity index is 2.94. The maximum Gasteiger partial charge on any atom is 0.106 e. The first-order valence-corrected chi connectivity index (χ1v) is 3.64. The topological polar surface area (TPSA) is 12.9 Å². The van der Waals surface area contributed by atoms with Crippen LogP contribution in [0.5, 0.6) is 0 Å². The summed E-state index contributed by atoms with van der Waals surface area (Å²) in [5, 5.41) is 0. The molecule has 0 bridgehead atoms. The minimum absolute atomic E-state index is 0.887. The van der Waals surface area contributed by atoms with Crippen molar-refractivity contribution in [3.63, 3.8) is 0 Å². The van der Waals surface area contributed by atoms with Crippen molar-refractivity contribution in [2.75, 3.05) is 0 Å². The summed E-state index contributed by atoms with van der Waals surface area (Å²) < 4.78 is 0.887. The van der Waals surface area contributed by atoms with Gasteiger partial charge < -0.3 is 0 Å². The predicted octanol–water partition coefficient (Wildman–Crippen LogP) is 2.21. The lowest BCUT2D eigenvalue weighted by Crippen LogP contribution is -1.81. The number of aromatic nitrogens is 1. The fourth-order valence-electron chi connectivity index (χ4n) is 0.604. The van der Waals surface area contributed by atoms with E-state index in [-0.39, 0.29) is 0 Å². The molecule has 9 heavy (non-hydrogen) atoms. The van der Waals surface area contributed by atoms with Gasteiger partial charge in [-0.15, -0.1) is 0 Å². The molecule has 0 amide bonds. The molecule has 1 aromatic rings. The largest absolute Gasteiger partial charge is 0.249 e. The lowest BCUT2D eigenvalue weighted by atomic mass is 10.2. The van der Waals surface area contributed by atoms with Gasteiger partial charge in [0.25, 0.3) is 0 Å². The Hall–Kier alpha value is -0.370. The molecule has 1 nitrogen and oxygen atoms in total. The van der Waals surface area contributed by atoms with Crippen molar-refractivity contribution in [3.05, 3.63) is 28.5 Å². The fraction of sp³-hybridized carbons (Fsp3) is 0.286. The Morgan fingerprint density at radius 1 is 1.78 bits per heavy atom. The molecule has 1 aromatic heterocycles. The molecule has 47 valence electrons. The van der Waals surface area contributed by atoms with Gasteiger partial charge in [-0.25, -0.2) is 4.98 Å².